The summed E-state index contributed by atoms with van der Waals surface area (Å²) in [4.78, 5) is 0. The van der Waals surface area contributed by atoms with Crippen LogP contribution in [0.15, 0.2) is 24.3 Å². The fraction of sp³-hybridized carbons (Fsp3) is 0.625. The van der Waals surface area contributed by atoms with E-state index in [0.717, 1.165) is 6.42 Å². The van der Waals surface area contributed by atoms with Crippen LogP contribution in [0.5, 0.6) is 0 Å². The van der Waals surface area contributed by atoms with Crippen LogP contribution in [0.1, 0.15) is 44.2 Å². The molecule has 1 saturated carbocycles. The molecule has 2 unspecified atom stereocenters. The van der Waals surface area contributed by atoms with E-state index in [-0.39, 0.29) is 5.38 Å². The van der Waals surface area contributed by atoms with Crippen LogP contribution in [0.3, 0.4) is 0 Å². The van der Waals surface area contributed by atoms with E-state index in [1.807, 2.05) is 0 Å². The first-order valence-corrected chi connectivity index (χ1v) is 7.13. The van der Waals surface area contributed by atoms with Crippen molar-refractivity contribution in [1.82, 2.24) is 0 Å². The zero-order valence-electron chi connectivity index (χ0n) is 11.2. The second-order valence-electron chi connectivity index (χ2n) is 6.13. The van der Waals surface area contributed by atoms with Crippen molar-refractivity contribution in [3.63, 3.8) is 0 Å². The van der Waals surface area contributed by atoms with Gasteiger partial charge in [0.15, 0.2) is 0 Å². The molecule has 0 nitrogen and oxygen atoms in total. The van der Waals surface area contributed by atoms with Gasteiger partial charge in [-0.15, -0.1) is 11.6 Å². The summed E-state index contributed by atoms with van der Waals surface area (Å²) in [5.41, 5.74) is 3.21. The van der Waals surface area contributed by atoms with Crippen LogP contribution in [0.4, 0.5) is 0 Å². The topological polar surface area (TPSA) is 0 Å². The highest BCUT2D eigenvalue weighted by Crippen LogP contribution is 2.46. The summed E-state index contributed by atoms with van der Waals surface area (Å²) in [6, 6.07) is 8.61. The van der Waals surface area contributed by atoms with E-state index < -0.39 is 0 Å². The highest BCUT2D eigenvalue weighted by molar-refractivity contribution is 6.21. The molecule has 94 valence electrons. The van der Waals surface area contributed by atoms with Gasteiger partial charge in [0.05, 0.1) is 0 Å². The number of benzene rings is 1. The third-order valence-corrected chi connectivity index (χ3v) is 4.91. The first kappa shape index (κ1) is 13.0. The summed E-state index contributed by atoms with van der Waals surface area (Å²) in [6.45, 7) is 6.93. The molecule has 0 saturated heterocycles. The standard InChI is InChI=1S/C16H23Cl/c1-12-7-4-5-8-13(12)11-15(17)14-9-6-10-16(14,2)3/h4-5,7-8,14-15H,6,9-11H2,1-3H3. The Hall–Kier alpha value is -0.490. The van der Waals surface area contributed by atoms with Crippen molar-refractivity contribution in [3.05, 3.63) is 35.4 Å². The summed E-state index contributed by atoms with van der Waals surface area (Å²) < 4.78 is 0. The number of rotatable bonds is 3. The van der Waals surface area contributed by atoms with Crippen LogP contribution in [-0.4, -0.2) is 5.38 Å². The fourth-order valence-electron chi connectivity index (χ4n) is 3.22. The minimum Gasteiger partial charge on any atom is -0.122 e. The van der Waals surface area contributed by atoms with E-state index in [2.05, 4.69) is 45.0 Å². The molecule has 0 aromatic heterocycles. The van der Waals surface area contributed by atoms with E-state index in [1.165, 1.54) is 30.4 Å². The molecule has 0 aliphatic heterocycles. The number of hydrogen-bond donors (Lipinski definition) is 0. The first-order chi connectivity index (χ1) is 8.00. The maximum Gasteiger partial charge on any atom is 0.0409 e. The summed E-state index contributed by atoms with van der Waals surface area (Å²) in [5, 5.41) is 0.286. The number of aryl methyl sites for hydroxylation is 1. The quantitative estimate of drug-likeness (QED) is 0.665. The Labute approximate surface area is 110 Å². The van der Waals surface area contributed by atoms with E-state index in [9.17, 15) is 0 Å². The molecular weight excluding hydrogens is 228 g/mol. The van der Waals surface area contributed by atoms with Crippen molar-refractivity contribution in [2.24, 2.45) is 11.3 Å². The van der Waals surface area contributed by atoms with Crippen molar-refractivity contribution in [1.29, 1.82) is 0 Å². The average Bonchev–Trinajstić information content (AvgIpc) is 2.61. The number of alkyl halides is 1. The highest BCUT2D eigenvalue weighted by Gasteiger charge is 2.38. The van der Waals surface area contributed by atoms with Gasteiger partial charge in [-0.2, -0.15) is 0 Å². The van der Waals surface area contributed by atoms with E-state index in [4.69, 9.17) is 11.6 Å². The van der Waals surface area contributed by atoms with Crippen LogP contribution < -0.4 is 0 Å². The van der Waals surface area contributed by atoms with Crippen LogP contribution >= 0.6 is 11.6 Å². The van der Waals surface area contributed by atoms with Crippen LogP contribution in [0, 0.1) is 18.3 Å². The maximum atomic E-state index is 6.68. The minimum atomic E-state index is 0.286. The van der Waals surface area contributed by atoms with Gasteiger partial charge >= 0.3 is 0 Å². The molecule has 1 aliphatic carbocycles. The SMILES string of the molecule is Cc1ccccc1CC(Cl)C1CCCC1(C)C. The number of halogens is 1. The molecule has 2 atom stereocenters. The van der Waals surface area contributed by atoms with Gasteiger partial charge in [0.1, 0.15) is 0 Å². The Balaban J connectivity index is 2.07. The molecule has 17 heavy (non-hydrogen) atoms. The largest absolute Gasteiger partial charge is 0.122 e. The van der Waals surface area contributed by atoms with Gasteiger partial charge in [0, 0.05) is 5.38 Å². The summed E-state index contributed by atoms with van der Waals surface area (Å²) in [5.74, 6) is 0.670. The summed E-state index contributed by atoms with van der Waals surface area (Å²) >= 11 is 6.68. The lowest BCUT2D eigenvalue weighted by molar-refractivity contribution is 0.250. The molecule has 1 fully saturated rings. The number of hydrogen-bond acceptors (Lipinski definition) is 0. The highest BCUT2D eigenvalue weighted by atomic mass is 35.5. The Kier molecular flexibility index (Phi) is 3.82. The third-order valence-electron chi connectivity index (χ3n) is 4.45. The Bertz CT molecular complexity index is 381. The van der Waals surface area contributed by atoms with Crippen LogP contribution in [-0.2, 0) is 6.42 Å². The smallest absolute Gasteiger partial charge is 0.0409 e. The fourth-order valence-corrected chi connectivity index (χ4v) is 3.85. The van der Waals surface area contributed by atoms with Crippen molar-refractivity contribution >= 4 is 11.6 Å². The van der Waals surface area contributed by atoms with Gasteiger partial charge in [-0.25, -0.2) is 0 Å². The van der Waals surface area contributed by atoms with Gasteiger partial charge in [-0.05, 0) is 48.6 Å². The monoisotopic (exact) mass is 250 g/mol. The van der Waals surface area contributed by atoms with Gasteiger partial charge in [0.25, 0.3) is 0 Å². The zero-order chi connectivity index (χ0) is 12.5. The molecule has 0 amide bonds. The van der Waals surface area contributed by atoms with E-state index in [0.29, 0.717) is 11.3 Å². The normalized spacial score (nSPS) is 24.8. The zero-order valence-corrected chi connectivity index (χ0v) is 11.9. The average molecular weight is 251 g/mol. The summed E-state index contributed by atoms with van der Waals surface area (Å²) in [7, 11) is 0. The van der Waals surface area contributed by atoms with Gasteiger partial charge in [-0.1, -0.05) is 44.5 Å². The summed E-state index contributed by atoms with van der Waals surface area (Å²) in [6.07, 6.45) is 4.98. The molecule has 1 heteroatoms. The van der Waals surface area contributed by atoms with Gasteiger partial charge in [-0.3, -0.25) is 0 Å². The van der Waals surface area contributed by atoms with Gasteiger partial charge < -0.3 is 0 Å². The molecule has 1 aliphatic rings. The van der Waals surface area contributed by atoms with Crippen LogP contribution in [0.25, 0.3) is 0 Å². The Morgan fingerprint density at radius 1 is 1.35 bits per heavy atom. The van der Waals surface area contributed by atoms with Gasteiger partial charge in [0.2, 0.25) is 0 Å². The lowest BCUT2D eigenvalue weighted by Gasteiger charge is -2.31. The molecule has 2 rings (SSSR count). The third kappa shape index (κ3) is 2.85. The molecule has 0 N–H and O–H groups in total. The maximum absolute atomic E-state index is 6.68. The van der Waals surface area contributed by atoms with Crippen molar-refractivity contribution in [2.75, 3.05) is 0 Å². The van der Waals surface area contributed by atoms with Crippen molar-refractivity contribution < 1.29 is 0 Å². The van der Waals surface area contributed by atoms with Crippen molar-refractivity contribution in [2.45, 2.75) is 51.8 Å². The second-order valence-corrected chi connectivity index (χ2v) is 6.69. The molecule has 1 aromatic carbocycles. The van der Waals surface area contributed by atoms with Crippen LogP contribution in [0.2, 0.25) is 0 Å². The molecule has 0 spiro atoms. The predicted octanol–water partition coefficient (Wildman–Crippen LogP) is 4.97. The molecule has 0 radical (unpaired) electrons. The van der Waals surface area contributed by atoms with E-state index in [1.54, 1.807) is 0 Å². The molecule has 0 heterocycles. The minimum absolute atomic E-state index is 0.286. The first-order valence-electron chi connectivity index (χ1n) is 6.69. The lowest BCUT2D eigenvalue weighted by atomic mass is 9.78. The molecule has 0 bridgehead atoms. The second kappa shape index (κ2) is 5.02. The molecular formula is C16H23Cl. The Morgan fingerprint density at radius 3 is 2.65 bits per heavy atom. The van der Waals surface area contributed by atoms with E-state index >= 15 is 0 Å². The lowest BCUT2D eigenvalue weighted by Crippen LogP contribution is -2.27. The Morgan fingerprint density at radius 2 is 2.06 bits per heavy atom. The van der Waals surface area contributed by atoms with Crippen molar-refractivity contribution in [3.8, 4) is 0 Å². The molecule has 1 aromatic rings. The predicted molar refractivity (Wildman–Crippen MR) is 75.6 cm³/mol.